The second-order valence-electron chi connectivity index (χ2n) is 5.94. The lowest BCUT2D eigenvalue weighted by molar-refractivity contribution is 0.243. The van der Waals surface area contributed by atoms with Crippen LogP contribution in [0.3, 0.4) is 0 Å². The smallest absolute Gasteiger partial charge is 0.119 e. The standard InChI is InChI=1S/C19H20N2O/c1-22-15-6-4-5-14(11-15)12-21-10-9-17-16-7-2-3-8-18(16)20-19(17)13-21/h2-8,11,20H,9-10,12-13H2,1H3. The molecule has 0 fully saturated rings. The van der Waals surface area contributed by atoms with Crippen LogP contribution >= 0.6 is 0 Å². The van der Waals surface area contributed by atoms with E-state index in [2.05, 4.69) is 52.3 Å². The van der Waals surface area contributed by atoms with Crippen LogP contribution in [0.5, 0.6) is 5.75 Å². The number of nitrogens with one attached hydrogen (secondary N) is 1. The molecule has 22 heavy (non-hydrogen) atoms. The van der Waals surface area contributed by atoms with Crippen LogP contribution in [0.1, 0.15) is 16.8 Å². The number of para-hydroxylation sites is 1. The predicted molar refractivity (Wildman–Crippen MR) is 89.1 cm³/mol. The average Bonchev–Trinajstić information content (AvgIpc) is 2.92. The third-order valence-electron chi connectivity index (χ3n) is 4.50. The van der Waals surface area contributed by atoms with Gasteiger partial charge in [0, 0.05) is 36.2 Å². The molecule has 3 aromatic rings. The van der Waals surface area contributed by atoms with E-state index in [1.165, 1.54) is 27.7 Å². The highest BCUT2D eigenvalue weighted by Gasteiger charge is 2.20. The van der Waals surface area contributed by atoms with Crippen molar-refractivity contribution in [2.45, 2.75) is 19.5 Å². The number of fused-ring (bicyclic) bond motifs is 3. The highest BCUT2D eigenvalue weighted by atomic mass is 16.5. The van der Waals surface area contributed by atoms with E-state index in [-0.39, 0.29) is 0 Å². The molecule has 0 aliphatic carbocycles. The van der Waals surface area contributed by atoms with Crippen LogP contribution in [0.2, 0.25) is 0 Å². The monoisotopic (exact) mass is 292 g/mol. The molecule has 3 heteroatoms. The van der Waals surface area contributed by atoms with E-state index in [0.717, 1.165) is 31.8 Å². The van der Waals surface area contributed by atoms with E-state index in [1.54, 1.807) is 7.11 Å². The van der Waals surface area contributed by atoms with Crippen molar-refractivity contribution in [1.29, 1.82) is 0 Å². The maximum absolute atomic E-state index is 5.32. The van der Waals surface area contributed by atoms with Crippen LogP contribution in [0.15, 0.2) is 48.5 Å². The van der Waals surface area contributed by atoms with Gasteiger partial charge in [-0.15, -0.1) is 0 Å². The summed E-state index contributed by atoms with van der Waals surface area (Å²) >= 11 is 0. The van der Waals surface area contributed by atoms with Crippen molar-refractivity contribution in [3.05, 3.63) is 65.4 Å². The molecule has 0 atom stereocenters. The number of nitrogens with zero attached hydrogens (tertiary/aromatic N) is 1. The summed E-state index contributed by atoms with van der Waals surface area (Å²) in [6, 6.07) is 17.0. The van der Waals surface area contributed by atoms with E-state index in [0.29, 0.717) is 0 Å². The highest BCUT2D eigenvalue weighted by molar-refractivity contribution is 5.84. The molecule has 1 aliphatic rings. The Hall–Kier alpha value is -2.26. The molecular weight excluding hydrogens is 272 g/mol. The number of ether oxygens (including phenoxy) is 1. The minimum absolute atomic E-state index is 0.931. The van der Waals surface area contributed by atoms with Crippen molar-refractivity contribution < 1.29 is 4.74 Å². The van der Waals surface area contributed by atoms with Crippen molar-refractivity contribution in [2.24, 2.45) is 0 Å². The minimum atomic E-state index is 0.931. The first-order chi connectivity index (χ1) is 10.8. The first-order valence-corrected chi connectivity index (χ1v) is 7.77. The molecular formula is C19H20N2O. The van der Waals surface area contributed by atoms with Gasteiger partial charge in [0.05, 0.1) is 7.11 Å². The quantitative estimate of drug-likeness (QED) is 0.796. The molecule has 3 nitrogen and oxygen atoms in total. The van der Waals surface area contributed by atoms with Gasteiger partial charge < -0.3 is 9.72 Å². The largest absolute Gasteiger partial charge is 0.497 e. The Bertz CT molecular complexity index is 806. The molecule has 0 unspecified atom stereocenters. The molecule has 0 radical (unpaired) electrons. The van der Waals surface area contributed by atoms with E-state index in [4.69, 9.17) is 4.74 Å². The van der Waals surface area contributed by atoms with Gasteiger partial charge in [0.15, 0.2) is 0 Å². The third kappa shape index (κ3) is 2.38. The fourth-order valence-electron chi connectivity index (χ4n) is 3.41. The normalized spacial score (nSPS) is 15.0. The van der Waals surface area contributed by atoms with Crippen molar-refractivity contribution >= 4 is 10.9 Å². The summed E-state index contributed by atoms with van der Waals surface area (Å²) in [6.45, 7) is 3.05. The Morgan fingerprint density at radius 3 is 2.95 bits per heavy atom. The Labute approximate surface area is 130 Å². The van der Waals surface area contributed by atoms with E-state index in [1.807, 2.05) is 6.07 Å². The van der Waals surface area contributed by atoms with E-state index < -0.39 is 0 Å². The maximum atomic E-state index is 5.32. The molecule has 0 saturated carbocycles. The summed E-state index contributed by atoms with van der Waals surface area (Å²) in [7, 11) is 1.72. The van der Waals surface area contributed by atoms with Gasteiger partial charge in [-0.3, -0.25) is 4.90 Å². The van der Waals surface area contributed by atoms with Crippen LogP contribution in [0, 0.1) is 0 Å². The first-order valence-electron chi connectivity index (χ1n) is 7.77. The highest BCUT2D eigenvalue weighted by Crippen LogP contribution is 2.28. The van der Waals surface area contributed by atoms with Gasteiger partial charge in [0.1, 0.15) is 5.75 Å². The molecule has 1 N–H and O–H groups in total. The Morgan fingerprint density at radius 2 is 2.05 bits per heavy atom. The molecule has 0 bridgehead atoms. The molecule has 0 saturated heterocycles. The summed E-state index contributed by atoms with van der Waals surface area (Å²) in [5.41, 5.74) is 5.43. The zero-order chi connectivity index (χ0) is 14.9. The summed E-state index contributed by atoms with van der Waals surface area (Å²) in [5, 5.41) is 1.39. The zero-order valence-corrected chi connectivity index (χ0v) is 12.8. The van der Waals surface area contributed by atoms with Gasteiger partial charge in [0.25, 0.3) is 0 Å². The van der Waals surface area contributed by atoms with Crippen LogP contribution in [0.25, 0.3) is 10.9 Å². The van der Waals surface area contributed by atoms with Crippen molar-refractivity contribution in [3.8, 4) is 5.75 Å². The molecule has 0 spiro atoms. The molecule has 0 amide bonds. The van der Waals surface area contributed by atoms with Gasteiger partial charge in [-0.1, -0.05) is 30.3 Å². The number of benzene rings is 2. The first kappa shape index (κ1) is 13.4. The zero-order valence-electron chi connectivity index (χ0n) is 12.8. The van der Waals surface area contributed by atoms with E-state index in [9.17, 15) is 0 Å². The average molecular weight is 292 g/mol. The number of H-pyrrole nitrogens is 1. The van der Waals surface area contributed by atoms with Crippen LogP contribution in [0.4, 0.5) is 0 Å². The Morgan fingerprint density at radius 1 is 1.14 bits per heavy atom. The van der Waals surface area contributed by atoms with E-state index >= 15 is 0 Å². The summed E-state index contributed by atoms with van der Waals surface area (Å²) in [5.74, 6) is 0.931. The van der Waals surface area contributed by atoms with Crippen molar-refractivity contribution in [2.75, 3.05) is 13.7 Å². The van der Waals surface area contributed by atoms with Gasteiger partial charge in [-0.2, -0.15) is 0 Å². The summed E-state index contributed by atoms with van der Waals surface area (Å²) in [6.07, 6.45) is 1.11. The third-order valence-corrected chi connectivity index (χ3v) is 4.50. The van der Waals surface area contributed by atoms with Gasteiger partial charge >= 0.3 is 0 Å². The summed E-state index contributed by atoms with van der Waals surface area (Å²) in [4.78, 5) is 6.08. The predicted octanol–water partition coefficient (Wildman–Crippen LogP) is 3.73. The fourth-order valence-corrected chi connectivity index (χ4v) is 3.41. The van der Waals surface area contributed by atoms with Crippen molar-refractivity contribution in [3.63, 3.8) is 0 Å². The Balaban J connectivity index is 1.56. The molecule has 112 valence electrons. The number of methoxy groups -OCH3 is 1. The molecule has 4 rings (SSSR count). The van der Waals surface area contributed by atoms with Gasteiger partial charge in [-0.25, -0.2) is 0 Å². The fraction of sp³-hybridized carbons (Fsp3) is 0.263. The second-order valence-corrected chi connectivity index (χ2v) is 5.94. The topological polar surface area (TPSA) is 28.3 Å². The van der Waals surface area contributed by atoms with Crippen LogP contribution in [-0.4, -0.2) is 23.5 Å². The number of rotatable bonds is 3. The van der Waals surface area contributed by atoms with Crippen molar-refractivity contribution in [1.82, 2.24) is 9.88 Å². The number of hydrogen-bond acceptors (Lipinski definition) is 2. The van der Waals surface area contributed by atoms with Gasteiger partial charge in [0.2, 0.25) is 0 Å². The lowest BCUT2D eigenvalue weighted by atomic mass is 10.0. The molecule has 1 aliphatic heterocycles. The molecule has 2 heterocycles. The lowest BCUT2D eigenvalue weighted by Gasteiger charge is -2.27. The number of aromatic nitrogens is 1. The Kier molecular flexibility index (Phi) is 3.35. The van der Waals surface area contributed by atoms with Crippen LogP contribution in [-0.2, 0) is 19.5 Å². The van der Waals surface area contributed by atoms with Crippen LogP contribution < -0.4 is 4.74 Å². The van der Waals surface area contributed by atoms with Gasteiger partial charge in [-0.05, 0) is 35.7 Å². The summed E-state index contributed by atoms with van der Waals surface area (Å²) < 4.78 is 5.32. The maximum Gasteiger partial charge on any atom is 0.119 e. The number of aromatic amines is 1. The SMILES string of the molecule is COc1cccc(CN2CCc3c([nH]c4ccccc34)C2)c1. The lowest BCUT2D eigenvalue weighted by Crippen LogP contribution is -2.29. The minimum Gasteiger partial charge on any atom is -0.497 e. The molecule has 1 aromatic heterocycles. The number of hydrogen-bond donors (Lipinski definition) is 1. The second kappa shape index (κ2) is 5.50. The molecule has 2 aromatic carbocycles.